The van der Waals surface area contributed by atoms with E-state index in [1.54, 1.807) is 0 Å². The SMILES string of the molecule is C=C(C)C(=O)O.C=Cc1ccccc1.CC=Cc1ccccc1. The Bertz CT molecular complexity index is 599. The van der Waals surface area contributed by atoms with Gasteiger partial charge in [0.25, 0.3) is 0 Å². The minimum atomic E-state index is -0.935. The number of allylic oxidation sites excluding steroid dienone is 1. The molecular weight excluding hydrogens is 284 g/mol. The number of hydrogen-bond acceptors (Lipinski definition) is 1. The third-order valence-electron chi connectivity index (χ3n) is 2.56. The van der Waals surface area contributed by atoms with Crippen LogP contribution in [0, 0.1) is 0 Å². The molecule has 0 amide bonds. The zero-order chi connectivity index (χ0) is 17.5. The van der Waals surface area contributed by atoms with Gasteiger partial charge in [0.15, 0.2) is 0 Å². The van der Waals surface area contributed by atoms with Crippen molar-refractivity contribution in [3.8, 4) is 0 Å². The first kappa shape index (κ1) is 20.1. The van der Waals surface area contributed by atoms with Gasteiger partial charge in [-0.3, -0.25) is 0 Å². The highest BCUT2D eigenvalue weighted by Crippen LogP contribution is 1.99. The second kappa shape index (κ2) is 12.8. The zero-order valence-electron chi connectivity index (χ0n) is 13.8. The maximum absolute atomic E-state index is 9.60. The second-order valence-corrected chi connectivity index (χ2v) is 4.61. The van der Waals surface area contributed by atoms with Gasteiger partial charge >= 0.3 is 5.97 Å². The number of carboxylic acids is 1. The van der Waals surface area contributed by atoms with Crippen LogP contribution in [0.15, 0.2) is 85.5 Å². The van der Waals surface area contributed by atoms with Crippen molar-refractivity contribution >= 4 is 18.1 Å². The van der Waals surface area contributed by atoms with E-state index in [9.17, 15) is 4.79 Å². The van der Waals surface area contributed by atoms with Crippen LogP contribution >= 0.6 is 0 Å². The zero-order valence-corrected chi connectivity index (χ0v) is 13.8. The van der Waals surface area contributed by atoms with E-state index in [0.717, 1.165) is 0 Å². The van der Waals surface area contributed by atoms with Crippen molar-refractivity contribution in [1.29, 1.82) is 0 Å². The number of benzene rings is 2. The van der Waals surface area contributed by atoms with Gasteiger partial charge in [0.05, 0.1) is 0 Å². The van der Waals surface area contributed by atoms with Crippen LogP contribution in [0.5, 0.6) is 0 Å². The fraction of sp³-hybridized carbons (Fsp3) is 0.0952. The van der Waals surface area contributed by atoms with Crippen molar-refractivity contribution in [3.05, 3.63) is 96.6 Å². The standard InChI is InChI=1S/C9H10.C8H8.C4H6O2/c1-2-6-9-7-4-3-5-8-9;1-2-8-6-4-3-5-7-8;1-3(2)4(5)6/h2-8H,1H3;2-7H,1H2;1H2,2H3,(H,5,6). The molecule has 2 nitrogen and oxygen atoms in total. The summed E-state index contributed by atoms with van der Waals surface area (Å²) < 4.78 is 0. The Morgan fingerprint density at radius 1 is 0.957 bits per heavy atom. The monoisotopic (exact) mass is 308 g/mol. The van der Waals surface area contributed by atoms with Gasteiger partial charge in [0.1, 0.15) is 0 Å². The lowest BCUT2D eigenvalue weighted by molar-refractivity contribution is -0.132. The molecule has 0 aromatic heterocycles. The van der Waals surface area contributed by atoms with Crippen LogP contribution in [0.2, 0.25) is 0 Å². The first-order valence-corrected chi connectivity index (χ1v) is 7.25. The van der Waals surface area contributed by atoms with Crippen LogP contribution in [0.1, 0.15) is 25.0 Å². The largest absolute Gasteiger partial charge is 0.478 e. The highest BCUT2D eigenvalue weighted by atomic mass is 16.4. The Balaban J connectivity index is 0.000000323. The fourth-order valence-corrected chi connectivity index (χ4v) is 1.35. The van der Waals surface area contributed by atoms with Gasteiger partial charge in [-0.2, -0.15) is 0 Å². The molecule has 0 heterocycles. The minimum Gasteiger partial charge on any atom is -0.478 e. The lowest BCUT2D eigenvalue weighted by atomic mass is 10.2. The average molecular weight is 308 g/mol. The quantitative estimate of drug-likeness (QED) is 0.739. The number of hydrogen-bond donors (Lipinski definition) is 1. The van der Waals surface area contributed by atoms with Crippen molar-refractivity contribution in [3.63, 3.8) is 0 Å². The van der Waals surface area contributed by atoms with E-state index in [1.165, 1.54) is 18.1 Å². The lowest BCUT2D eigenvalue weighted by Gasteiger charge is -1.86. The summed E-state index contributed by atoms with van der Waals surface area (Å²) in [6, 6.07) is 20.3. The molecule has 0 aliphatic heterocycles. The van der Waals surface area contributed by atoms with E-state index < -0.39 is 5.97 Å². The average Bonchev–Trinajstić information content (AvgIpc) is 2.58. The molecule has 23 heavy (non-hydrogen) atoms. The minimum absolute atomic E-state index is 0.176. The van der Waals surface area contributed by atoms with Crippen LogP contribution in [0.3, 0.4) is 0 Å². The molecule has 0 bridgehead atoms. The molecule has 0 saturated carbocycles. The van der Waals surface area contributed by atoms with Gasteiger partial charge in [-0.15, -0.1) is 0 Å². The summed E-state index contributed by atoms with van der Waals surface area (Å²) in [6.45, 7) is 10.3. The van der Waals surface area contributed by atoms with Crippen LogP contribution < -0.4 is 0 Å². The maximum atomic E-state index is 9.60. The molecule has 2 aromatic rings. The summed E-state index contributed by atoms with van der Waals surface area (Å²) in [6.07, 6.45) is 5.95. The van der Waals surface area contributed by atoms with Crippen molar-refractivity contribution in [2.45, 2.75) is 13.8 Å². The predicted octanol–water partition coefficient (Wildman–Crippen LogP) is 5.70. The van der Waals surface area contributed by atoms with E-state index >= 15 is 0 Å². The molecular formula is C21H24O2. The van der Waals surface area contributed by atoms with Crippen LogP contribution in [0.4, 0.5) is 0 Å². The number of aliphatic carboxylic acids is 1. The molecule has 0 aliphatic rings. The summed E-state index contributed by atoms with van der Waals surface area (Å²) in [4.78, 5) is 9.60. The summed E-state index contributed by atoms with van der Waals surface area (Å²) in [5, 5.41) is 7.89. The number of carboxylic acid groups (broad SMARTS) is 1. The van der Waals surface area contributed by atoms with E-state index in [2.05, 4.69) is 31.4 Å². The van der Waals surface area contributed by atoms with Gasteiger partial charge in [-0.1, -0.05) is 92.0 Å². The predicted molar refractivity (Wildman–Crippen MR) is 100 cm³/mol. The Morgan fingerprint density at radius 2 is 1.35 bits per heavy atom. The van der Waals surface area contributed by atoms with Gasteiger partial charge in [-0.05, 0) is 25.0 Å². The molecule has 2 aromatic carbocycles. The molecule has 120 valence electrons. The van der Waals surface area contributed by atoms with Crippen LogP contribution in [-0.2, 0) is 4.79 Å². The molecule has 0 spiro atoms. The highest BCUT2D eigenvalue weighted by molar-refractivity contribution is 5.84. The van der Waals surface area contributed by atoms with Crippen molar-refractivity contribution < 1.29 is 9.90 Å². The van der Waals surface area contributed by atoms with Crippen molar-refractivity contribution in [2.24, 2.45) is 0 Å². The van der Waals surface area contributed by atoms with Crippen LogP contribution in [0.25, 0.3) is 12.2 Å². The first-order chi connectivity index (χ1) is 11.0. The van der Waals surface area contributed by atoms with E-state index in [-0.39, 0.29) is 5.57 Å². The van der Waals surface area contributed by atoms with E-state index in [1.807, 2.05) is 67.6 Å². The Morgan fingerprint density at radius 3 is 1.61 bits per heavy atom. The summed E-state index contributed by atoms with van der Waals surface area (Å²) in [5.41, 5.74) is 2.61. The number of carbonyl (C=O) groups is 1. The van der Waals surface area contributed by atoms with Crippen LogP contribution in [-0.4, -0.2) is 11.1 Å². The Labute approximate surface area is 139 Å². The van der Waals surface area contributed by atoms with Gasteiger partial charge < -0.3 is 5.11 Å². The molecule has 2 heteroatoms. The van der Waals surface area contributed by atoms with E-state index in [4.69, 9.17) is 5.11 Å². The van der Waals surface area contributed by atoms with Crippen molar-refractivity contribution in [1.82, 2.24) is 0 Å². The molecule has 1 N–H and O–H groups in total. The Kier molecular flexibility index (Phi) is 11.2. The number of rotatable bonds is 3. The maximum Gasteiger partial charge on any atom is 0.330 e. The van der Waals surface area contributed by atoms with E-state index in [0.29, 0.717) is 0 Å². The Hall–Kier alpha value is -2.87. The lowest BCUT2D eigenvalue weighted by Crippen LogP contribution is -1.92. The summed E-state index contributed by atoms with van der Waals surface area (Å²) in [5.74, 6) is -0.935. The molecule has 0 saturated heterocycles. The third-order valence-corrected chi connectivity index (χ3v) is 2.56. The molecule has 0 fully saturated rings. The van der Waals surface area contributed by atoms with Gasteiger partial charge in [-0.25, -0.2) is 4.79 Å². The molecule has 0 unspecified atom stereocenters. The smallest absolute Gasteiger partial charge is 0.330 e. The molecule has 0 aliphatic carbocycles. The topological polar surface area (TPSA) is 37.3 Å². The van der Waals surface area contributed by atoms with Crippen molar-refractivity contribution in [2.75, 3.05) is 0 Å². The van der Waals surface area contributed by atoms with Gasteiger partial charge in [0, 0.05) is 5.57 Å². The molecule has 2 rings (SSSR count). The van der Waals surface area contributed by atoms with Gasteiger partial charge in [0.2, 0.25) is 0 Å². The summed E-state index contributed by atoms with van der Waals surface area (Å²) in [7, 11) is 0. The fourth-order valence-electron chi connectivity index (χ4n) is 1.35. The normalized spacial score (nSPS) is 8.96. The molecule has 0 radical (unpaired) electrons. The third kappa shape index (κ3) is 11.5. The first-order valence-electron chi connectivity index (χ1n) is 7.25. The highest BCUT2D eigenvalue weighted by Gasteiger charge is 1.90. The summed E-state index contributed by atoms with van der Waals surface area (Å²) >= 11 is 0. The molecule has 0 atom stereocenters. The second-order valence-electron chi connectivity index (χ2n) is 4.61.